The number of carbonyl (C=O) groups is 1. The van der Waals surface area contributed by atoms with Crippen LogP contribution in [0.2, 0.25) is 0 Å². The summed E-state index contributed by atoms with van der Waals surface area (Å²) in [6.07, 6.45) is 1.82. The monoisotopic (exact) mass is 352 g/mol. The number of benzene rings is 2. The Morgan fingerprint density at radius 3 is 2.36 bits per heavy atom. The molecule has 1 aromatic heterocycles. The summed E-state index contributed by atoms with van der Waals surface area (Å²) in [5, 5.41) is 0. The van der Waals surface area contributed by atoms with E-state index in [0.717, 1.165) is 41.1 Å². The van der Waals surface area contributed by atoms with E-state index in [1.54, 1.807) is 0 Å². The molecule has 0 amide bonds. The molecule has 0 bridgehead atoms. The molecule has 0 aliphatic rings. The SMILES string of the molecule is CCCCOC(=O)c1snc(-c2ccc(-c3ccccc3)cc2)c1N. The molecule has 4 nitrogen and oxygen atoms in total. The lowest BCUT2D eigenvalue weighted by molar-refractivity contribution is 0.0506. The highest BCUT2D eigenvalue weighted by atomic mass is 32.1. The van der Waals surface area contributed by atoms with E-state index in [9.17, 15) is 4.79 Å². The van der Waals surface area contributed by atoms with Gasteiger partial charge in [-0.05, 0) is 29.1 Å². The first kappa shape index (κ1) is 17.2. The fourth-order valence-corrected chi connectivity index (χ4v) is 3.19. The summed E-state index contributed by atoms with van der Waals surface area (Å²) in [6.45, 7) is 2.46. The Hall–Kier alpha value is -2.66. The molecule has 1 heterocycles. The summed E-state index contributed by atoms with van der Waals surface area (Å²) in [7, 11) is 0. The second kappa shape index (κ2) is 7.94. The Balaban J connectivity index is 1.80. The standard InChI is InChI=1S/C20H20N2O2S/c1-2-3-13-24-20(23)19-17(21)18(22-25-19)16-11-9-15(10-12-16)14-7-5-4-6-8-14/h4-12H,2-3,13,21H2,1H3. The predicted molar refractivity (Wildman–Crippen MR) is 103 cm³/mol. The van der Waals surface area contributed by atoms with Gasteiger partial charge >= 0.3 is 5.97 Å². The molecule has 0 fully saturated rings. The second-order valence-electron chi connectivity index (χ2n) is 5.71. The molecular weight excluding hydrogens is 332 g/mol. The van der Waals surface area contributed by atoms with Crippen LogP contribution in [0.3, 0.4) is 0 Å². The number of rotatable bonds is 6. The Kier molecular flexibility index (Phi) is 5.46. The van der Waals surface area contributed by atoms with Crippen LogP contribution in [0.4, 0.5) is 5.69 Å². The van der Waals surface area contributed by atoms with Crippen LogP contribution in [0.15, 0.2) is 54.6 Å². The van der Waals surface area contributed by atoms with E-state index in [0.29, 0.717) is 22.9 Å². The first-order valence-corrected chi connectivity index (χ1v) is 9.06. The van der Waals surface area contributed by atoms with Gasteiger partial charge in [0.15, 0.2) is 4.88 Å². The zero-order valence-corrected chi connectivity index (χ0v) is 14.9. The zero-order chi connectivity index (χ0) is 17.6. The highest BCUT2D eigenvalue weighted by Gasteiger charge is 2.19. The van der Waals surface area contributed by atoms with Gasteiger partial charge in [-0.3, -0.25) is 0 Å². The van der Waals surface area contributed by atoms with Gasteiger partial charge in [0.2, 0.25) is 0 Å². The molecule has 128 valence electrons. The van der Waals surface area contributed by atoms with Crippen molar-refractivity contribution in [2.24, 2.45) is 0 Å². The number of carbonyl (C=O) groups excluding carboxylic acids is 1. The van der Waals surface area contributed by atoms with E-state index in [1.165, 1.54) is 0 Å². The molecule has 2 N–H and O–H groups in total. The smallest absolute Gasteiger partial charge is 0.352 e. The number of nitrogens with two attached hydrogens (primary N) is 1. The van der Waals surface area contributed by atoms with Crippen LogP contribution >= 0.6 is 11.5 Å². The molecule has 3 aromatic rings. The molecule has 0 spiro atoms. The van der Waals surface area contributed by atoms with Gasteiger partial charge < -0.3 is 10.5 Å². The van der Waals surface area contributed by atoms with Crippen LogP contribution in [-0.2, 0) is 4.74 Å². The van der Waals surface area contributed by atoms with Crippen molar-refractivity contribution in [2.45, 2.75) is 19.8 Å². The van der Waals surface area contributed by atoms with E-state index in [2.05, 4.69) is 16.5 Å². The quantitative estimate of drug-likeness (QED) is 0.500. The highest BCUT2D eigenvalue weighted by molar-refractivity contribution is 7.09. The molecule has 3 rings (SSSR count). The van der Waals surface area contributed by atoms with E-state index in [-0.39, 0.29) is 0 Å². The van der Waals surface area contributed by atoms with Gasteiger partial charge in [0.25, 0.3) is 0 Å². The van der Waals surface area contributed by atoms with Crippen molar-refractivity contribution < 1.29 is 9.53 Å². The minimum atomic E-state index is -0.393. The molecule has 0 aliphatic heterocycles. The van der Waals surface area contributed by atoms with Crippen molar-refractivity contribution in [3.63, 3.8) is 0 Å². The van der Waals surface area contributed by atoms with Crippen LogP contribution in [0, 0.1) is 0 Å². The second-order valence-corrected chi connectivity index (χ2v) is 6.48. The number of hydrogen-bond acceptors (Lipinski definition) is 5. The fraction of sp³-hybridized carbons (Fsp3) is 0.200. The Morgan fingerprint density at radius 1 is 1.04 bits per heavy atom. The molecule has 0 unspecified atom stereocenters. The van der Waals surface area contributed by atoms with E-state index in [1.807, 2.05) is 49.4 Å². The topological polar surface area (TPSA) is 65.2 Å². The molecule has 25 heavy (non-hydrogen) atoms. The summed E-state index contributed by atoms with van der Waals surface area (Å²) < 4.78 is 9.58. The number of aromatic nitrogens is 1. The van der Waals surface area contributed by atoms with Crippen molar-refractivity contribution in [3.8, 4) is 22.4 Å². The lowest BCUT2D eigenvalue weighted by Crippen LogP contribution is -2.06. The molecule has 0 radical (unpaired) electrons. The predicted octanol–water partition coefficient (Wildman–Crippen LogP) is 5.02. The third-order valence-electron chi connectivity index (χ3n) is 3.91. The maximum absolute atomic E-state index is 12.1. The van der Waals surface area contributed by atoms with Crippen molar-refractivity contribution in [1.82, 2.24) is 4.37 Å². The largest absolute Gasteiger partial charge is 0.461 e. The van der Waals surface area contributed by atoms with Gasteiger partial charge in [-0.15, -0.1) is 0 Å². The maximum atomic E-state index is 12.1. The first-order chi connectivity index (χ1) is 12.2. The van der Waals surface area contributed by atoms with Crippen LogP contribution in [0.1, 0.15) is 29.4 Å². The number of nitrogen functional groups attached to an aromatic ring is 1. The Morgan fingerprint density at radius 2 is 1.68 bits per heavy atom. The summed E-state index contributed by atoms with van der Waals surface area (Å²) in [6, 6.07) is 18.2. The maximum Gasteiger partial charge on any atom is 0.352 e. The third kappa shape index (κ3) is 3.88. The fourth-order valence-electron chi connectivity index (χ4n) is 2.48. The van der Waals surface area contributed by atoms with Crippen molar-refractivity contribution in [2.75, 3.05) is 12.3 Å². The number of anilines is 1. The van der Waals surface area contributed by atoms with Gasteiger partial charge in [-0.25, -0.2) is 4.79 Å². The summed E-state index contributed by atoms with van der Waals surface area (Å²) in [5.41, 5.74) is 10.3. The summed E-state index contributed by atoms with van der Waals surface area (Å²) >= 11 is 1.09. The molecular formula is C20H20N2O2S. The number of unbranched alkanes of at least 4 members (excludes halogenated alkanes) is 1. The van der Waals surface area contributed by atoms with E-state index in [4.69, 9.17) is 10.5 Å². The average Bonchev–Trinajstić information content (AvgIpc) is 3.04. The lowest BCUT2D eigenvalue weighted by atomic mass is 10.0. The van der Waals surface area contributed by atoms with Crippen molar-refractivity contribution >= 4 is 23.2 Å². The third-order valence-corrected chi connectivity index (χ3v) is 4.75. The molecule has 0 saturated carbocycles. The van der Waals surface area contributed by atoms with Gasteiger partial charge in [0, 0.05) is 5.56 Å². The number of hydrogen-bond donors (Lipinski definition) is 1. The van der Waals surface area contributed by atoms with E-state index < -0.39 is 5.97 Å². The van der Waals surface area contributed by atoms with Crippen molar-refractivity contribution in [1.29, 1.82) is 0 Å². The van der Waals surface area contributed by atoms with E-state index >= 15 is 0 Å². The Bertz CT molecular complexity index is 842. The molecule has 0 saturated heterocycles. The van der Waals surface area contributed by atoms with Gasteiger partial charge in [0.1, 0.15) is 5.69 Å². The van der Waals surface area contributed by atoms with Gasteiger partial charge in [-0.2, -0.15) is 4.37 Å². The van der Waals surface area contributed by atoms with Crippen LogP contribution in [0.25, 0.3) is 22.4 Å². The Labute approximate surface area is 151 Å². The highest BCUT2D eigenvalue weighted by Crippen LogP contribution is 2.32. The van der Waals surface area contributed by atoms with Crippen LogP contribution < -0.4 is 5.73 Å². The molecule has 2 aromatic carbocycles. The van der Waals surface area contributed by atoms with Crippen LogP contribution in [0.5, 0.6) is 0 Å². The van der Waals surface area contributed by atoms with Gasteiger partial charge in [0.05, 0.1) is 12.3 Å². The number of nitrogens with zero attached hydrogens (tertiary/aromatic N) is 1. The molecule has 5 heteroatoms. The number of ether oxygens (including phenoxy) is 1. The van der Waals surface area contributed by atoms with Crippen LogP contribution in [-0.4, -0.2) is 16.9 Å². The summed E-state index contributed by atoms with van der Waals surface area (Å²) in [4.78, 5) is 12.5. The minimum absolute atomic E-state index is 0.373. The first-order valence-electron chi connectivity index (χ1n) is 8.29. The zero-order valence-electron chi connectivity index (χ0n) is 14.1. The normalized spacial score (nSPS) is 10.6. The molecule has 0 aliphatic carbocycles. The average molecular weight is 352 g/mol. The number of esters is 1. The minimum Gasteiger partial charge on any atom is -0.461 e. The summed E-state index contributed by atoms with van der Waals surface area (Å²) in [5.74, 6) is -0.393. The van der Waals surface area contributed by atoms with Gasteiger partial charge in [-0.1, -0.05) is 67.9 Å². The van der Waals surface area contributed by atoms with Crippen molar-refractivity contribution in [3.05, 3.63) is 59.5 Å². The lowest BCUT2D eigenvalue weighted by Gasteiger charge is -2.05. The molecule has 0 atom stereocenters.